The molecule has 0 aliphatic carbocycles. The Balaban J connectivity index is 2.09. The number of fused-ring (bicyclic) bond motifs is 1. The van der Waals surface area contributed by atoms with Gasteiger partial charge in [0.05, 0.1) is 6.54 Å². The lowest BCUT2D eigenvalue weighted by Crippen LogP contribution is -2.48. The van der Waals surface area contributed by atoms with Crippen LogP contribution in [0.4, 0.5) is 18.9 Å². The summed E-state index contributed by atoms with van der Waals surface area (Å²) < 4.78 is 38.2. The number of hydrogen-bond donors (Lipinski definition) is 1. The van der Waals surface area contributed by atoms with Crippen LogP contribution in [0.15, 0.2) is 24.3 Å². The lowest BCUT2D eigenvalue weighted by Gasteiger charge is -2.35. The monoisotopic (exact) mass is 286 g/mol. The van der Waals surface area contributed by atoms with Crippen LogP contribution in [-0.2, 0) is 6.42 Å². The first kappa shape index (κ1) is 15.2. The Morgan fingerprint density at radius 1 is 1.30 bits per heavy atom. The van der Waals surface area contributed by atoms with Crippen LogP contribution in [0.3, 0.4) is 0 Å². The number of hydrogen-bond acceptors (Lipinski definition) is 2. The van der Waals surface area contributed by atoms with Crippen molar-refractivity contribution in [2.75, 3.05) is 18.4 Å². The summed E-state index contributed by atoms with van der Waals surface area (Å²) in [5, 5.41) is 3.29. The standard InChI is InChI=1S/C15H21F3N2/c1-11(2)20(10-15(16,17)18)13-8-7-12-5-3-4-6-14(12)19-9-13/h3-6,11,13,19H,7-10H2,1-2H3. The van der Waals surface area contributed by atoms with Crippen LogP contribution in [0.5, 0.6) is 0 Å². The quantitative estimate of drug-likeness (QED) is 0.911. The highest BCUT2D eigenvalue weighted by atomic mass is 19.4. The number of nitrogens with zero attached hydrogens (tertiary/aromatic N) is 1. The fourth-order valence-electron chi connectivity index (χ4n) is 2.79. The van der Waals surface area contributed by atoms with E-state index in [9.17, 15) is 13.2 Å². The van der Waals surface area contributed by atoms with Crippen LogP contribution < -0.4 is 5.32 Å². The van der Waals surface area contributed by atoms with Crippen molar-refractivity contribution in [1.29, 1.82) is 0 Å². The van der Waals surface area contributed by atoms with Crippen molar-refractivity contribution in [1.82, 2.24) is 4.90 Å². The first-order valence-corrected chi connectivity index (χ1v) is 7.01. The summed E-state index contributed by atoms with van der Waals surface area (Å²) in [6.07, 6.45) is -2.59. The van der Waals surface area contributed by atoms with Crippen molar-refractivity contribution < 1.29 is 13.2 Å². The predicted octanol–water partition coefficient (Wildman–Crippen LogP) is 3.69. The van der Waals surface area contributed by atoms with Crippen LogP contribution in [0.1, 0.15) is 25.8 Å². The molecule has 20 heavy (non-hydrogen) atoms. The molecule has 0 bridgehead atoms. The van der Waals surface area contributed by atoms with Crippen molar-refractivity contribution in [3.8, 4) is 0 Å². The van der Waals surface area contributed by atoms with E-state index in [1.807, 2.05) is 38.1 Å². The highest BCUT2D eigenvalue weighted by Gasteiger charge is 2.35. The maximum Gasteiger partial charge on any atom is 0.401 e. The van der Waals surface area contributed by atoms with Gasteiger partial charge in [-0.2, -0.15) is 13.2 Å². The van der Waals surface area contributed by atoms with Crippen LogP contribution in [0.2, 0.25) is 0 Å². The van der Waals surface area contributed by atoms with Crippen molar-refractivity contribution in [3.63, 3.8) is 0 Å². The Hall–Kier alpha value is -1.23. The van der Waals surface area contributed by atoms with Gasteiger partial charge >= 0.3 is 6.18 Å². The van der Waals surface area contributed by atoms with Gasteiger partial charge in [-0.05, 0) is 38.3 Å². The fourth-order valence-corrected chi connectivity index (χ4v) is 2.79. The molecule has 1 aromatic rings. The fraction of sp³-hybridized carbons (Fsp3) is 0.600. The molecule has 0 spiro atoms. The van der Waals surface area contributed by atoms with Gasteiger partial charge in [0.2, 0.25) is 0 Å². The molecular weight excluding hydrogens is 265 g/mol. The van der Waals surface area contributed by atoms with E-state index in [0.717, 1.165) is 18.5 Å². The van der Waals surface area contributed by atoms with Crippen LogP contribution in [-0.4, -0.2) is 36.2 Å². The second kappa shape index (κ2) is 6.04. The van der Waals surface area contributed by atoms with Crippen molar-refractivity contribution in [2.24, 2.45) is 0 Å². The normalized spacial score (nSPS) is 19.6. The molecule has 0 saturated heterocycles. The molecule has 1 unspecified atom stereocenters. The minimum absolute atomic E-state index is 0.0935. The Bertz CT molecular complexity index is 416. The Morgan fingerprint density at radius 3 is 2.65 bits per heavy atom. The van der Waals surface area contributed by atoms with Gasteiger partial charge in [-0.1, -0.05) is 18.2 Å². The van der Waals surface area contributed by atoms with Gasteiger partial charge in [0.25, 0.3) is 0 Å². The number of para-hydroxylation sites is 1. The average molecular weight is 286 g/mol. The van der Waals surface area contributed by atoms with Gasteiger partial charge in [-0.15, -0.1) is 0 Å². The van der Waals surface area contributed by atoms with E-state index >= 15 is 0 Å². The van der Waals surface area contributed by atoms with E-state index in [4.69, 9.17) is 0 Å². The molecule has 1 aromatic carbocycles. The number of rotatable bonds is 3. The smallest absolute Gasteiger partial charge is 0.383 e. The molecule has 1 N–H and O–H groups in total. The summed E-state index contributed by atoms with van der Waals surface area (Å²) in [5.74, 6) is 0. The first-order chi connectivity index (χ1) is 9.37. The molecule has 5 heteroatoms. The summed E-state index contributed by atoms with van der Waals surface area (Å²) in [5.41, 5.74) is 2.23. The van der Waals surface area contributed by atoms with E-state index in [-0.39, 0.29) is 12.1 Å². The number of halogens is 3. The van der Waals surface area contributed by atoms with Gasteiger partial charge in [-0.25, -0.2) is 0 Å². The number of nitrogens with one attached hydrogen (secondary N) is 1. The van der Waals surface area contributed by atoms with E-state index in [0.29, 0.717) is 6.54 Å². The maximum atomic E-state index is 12.7. The van der Waals surface area contributed by atoms with Gasteiger partial charge in [0.1, 0.15) is 0 Å². The number of anilines is 1. The van der Waals surface area contributed by atoms with E-state index in [1.54, 1.807) is 4.90 Å². The Kier molecular flexibility index (Phi) is 4.58. The molecule has 2 nitrogen and oxygen atoms in total. The molecule has 0 saturated carbocycles. The lowest BCUT2D eigenvalue weighted by molar-refractivity contribution is -0.154. The summed E-state index contributed by atoms with van der Waals surface area (Å²) >= 11 is 0. The number of benzene rings is 1. The molecule has 1 aliphatic heterocycles. The number of aryl methyl sites for hydroxylation is 1. The van der Waals surface area contributed by atoms with Crippen molar-refractivity contribution in [2.45, 2.75) is 44.9 Å². The lowest BCUT2D eigenvalue weighted by atomic mass is 10.0. The zero-order valence-corrected chi connectivity index (χ0v) is 11.9. The molecule has 1 atom stereocenters. The maximum absolute atomic E-state index is 12.7. The molecule has 0 fully saturated rings. The minimum atomic E-state index is -4.15. The second-order valence-electron chi connectivity index (χ2n) is 5.61. The van der Waals surface area contributed by atoms with Crippen molar-refractivity contribution in [3.05, 3.63) is 29.8 Å². The summed E-state index contributed by atoms with van der Waals surface area (Å²) in [6, 6.07) is 7.72. The second-order valence-corrected chi connectivity index (χ2v) is 5.61. The van der Waals surface area contributed by atoms with Gasteiger partial charge in [0.15, 0.2) is 0 Å². The molecule has 0 aromatic heterocycles. The molecule has 2 rings (SSSR count). The molecule has 1 aliphatic rings. The third-order valence-corrected chi connectivity index (χ3v) is 3.79. The minimum Gasteiger partial charge on any atom is -0.383 e. The zero-order valence-electron chi connectivity index (χ0n) is 11.9. The molecule has 0 radical (unpaired) electrons. The first-order valence-electron chi connectivity index (χ1n) is 7.01. The van der Waals surface area contributed by atoms with E-state index in [2.05, 4.69) is 5.32 Å². The van der Waals surface area contributed by atoms with Gasteiger partial charge < -0.3 is 5.32 Å². The highest BCUT2D eigenvalue weighted by molar-refractivity contribution is 5.52. The van der Waals surface area contributed by atoms with Crippen LogP contribution in [0, 0.1) is 0 Å². The highest BCUT2D eigenvalue weighted by Crippen LogP contribution is 2.26. The largest absolute Gasteiger partial charge is 0.401 e. The van der Waals surface area contributed by atoms with Crippen LogP contribution in [0.25, 0.3) is 0 Å². The SMILES string of the molecule is CC(C)N(CC(F)(F)F)C1CCc2ccccc2NC1. The zero-order chi connectivity index (χ0) is 14.8. The molecule has 1 heterocycles. The topological polar surface area (TPSA) is 15.3 Å². The van der Waals surface area contributed by atoms with Crippen molar-refractivity contribution >= 4 is 5.69 Å². The van der Waals surface area contributed by atoms with E-state index < -0.39 is 12.7 Å². The van der Waals surface area contributed by atoms with Gasteiger partial charge in [0, 0.05) is 24.3 Å². The third-order valence-electron chi connectivity index (χ3n) is 3.79. The summed E-state index contributed by atoms with van der Waals surface area (Å²) in [7, 11) is 0. The third kappa shape index (κ3) is 3.88. The van der Waals surface area contributed by atoms with Crippen LogP contribution >= 0.6 is 0 Å². The summed E-state index contributed by atoms with van der Waals surface area (Å²) in [6.45, 7) is 3.37. The average Bonchev–Trinajstić information content (AvgIpc) is 2.57. The van der Waals surface area contributed by atoms with E-state index in [1.165, 1.54) is 5.56 Å². The summed E-state index contributed by atoms with van der Waals surface area (Å²) in [4.78, 5) is 1.55. The Morgan fingerprint density at radius 2 is 2.00 bits per heavy atom. The molecule has 112 valence electrons. The predicted molar refractivity (Wildman–Crippen MR) is 74.9 cm³/mol. The molecule has 0 amide bonds. The van der Waals surface area contributed by atoms with Gasteiger partial charge in [-0.3, -0.25) is 4.90 Å². The molecular formula is C15H21F3N2. The Labute approximate surface area is 118 Å². The number of alkyl halides is 3.